The van der Waals surface area contributed by atoms with Crippen molar-refractivity contribution >= 4 is 5.97 Å². The van der Waals surface area contributed by atoms with E-state index in [0.717, 1.165) is 12.6 Å². The molecule has 1 aliphatic rings. The molecule has 0 aromatic rings. The van der Waals surface area contributed by atoms with E-state index in [9.17, 15) is 4.79 Å². The van der Waals surface area contributed by atoms with Crippen LogP contribution in [0.5, 0.6) is 0 Å². The van der Waals surface area contributed by atoms with Crippen molar-refractivity contribution in [3.63, 3.8) is 0 Å². The van der Waals surface area contributed by atoms with Gasteiger partial charge in [-0.25, -0.2) is 4.79 Å². The van der Waals surface area contributed by atoms with Crippen LogP contribution in [0.25, 0.3) is 0 Å². The summed E-state index contributed by atoms with van der Waals surface area (Å²) in [4.78, 5) is 11.9. The number of aliphatic carboxylic acids is 1. The summed E-state index contributed by atoms with van der Waals surface area (Å²) >= 11 is 0. The van der Waals surface area contributed by atoms with Crippen molar-refractivity contribution in [2.75, 3.05) is 6.54 Å². The van der Waals surface area contributed by atoms with Gasteiger partial charge in [0, 0.05) is 25.0 Å². The highest BCUT2D eigenvalue weighted by atomic mass is 16.4. The normalized spacial score (nSPS) is 16.2. The van der Waals surface area contributed by atoms with Crippen molar-refractivity contribution in [3.05, 3.63) is 36.7 Å². The molecule has 58 valence electrons. The molecule has 0 bridgehead atoms. The topological polar surface area (TPSA) is 40.5 Å². The van der Waals surface area contributed by atoms with Crippen LogP contribution >= 0.6 is 0 Å². The molecule has 1 rings (SSSR count). The minimum atomic E-state index is -0.923. The lowest BCUT2D eigenvalue weighted by Crippen LogP contribution is -2.11. The minimum Gasteiger partial charge on any atom is -0.478 e. The molecule has 0 spiro atoms. The highest BCUT2D eigenvalue weighted by molar-refractivity contribution is 5.79. The predicted molar refractivity (Wildman–Crippen MR) is 41.8 cm³/mol. The van der Waals surface area contributed by atoms with Gasteiger partial charge in [0.25, 0.3) is 0 Å². The Bertz CT molecular complexity index is 228. The molecular formula is C8H9NO2. The quantitative estimate of drug-likeness (QED) is 0.598. The summed E-state index contributed by atoms with van der Waals surface area (Å²) in [7, 11) is 0. The maximum Gasteiger partial charge on any atom is 0.329 e. The summed E-state index contributed by atoms with van der Waals surface area (Å²) in [5.41, 5.74) is 0. The van der Waals surface area contributed by atoms with Gasteiger partial charge < -0.3 is 10.0 Å². The molecule has 0 amide bonds. The van der Waals surface area contributed by atoms with E-state index >= 15 is 0 Å². The van der Waals surface area contributed by atoms with Crippen LogP contribution in [-0.4, -0.2) is 22.5 Å². The second kappa shape index (κ2) is 3.61. The van der Waals surface area contributed by atoms with E-state index in [1.807, 2.05) is 24.4 Å². The Balaban J connectivity index is 2.44. The Morgan fingerprint density at radius 3 is 2.91 bits per heavy atom. The van der Waals surface area contributed by atoms with Crippen LogP contribution < -0.4 is 0 Å². The summed E-state index contributed by atoms with van der Waals surface area (Å²) in [5, 5.41) is 8.29. The number of hydrogen-bond acceptors (Lipinski definition) is 2. The highest BCUT2D eigenvalue weighted by Crippen LogP contribution is 1.98. The zero-order valence-corrected chi connectivity index (χ0v) is 5.97. The van der Waals surface area contributed by atoms with Crippen molar-refractivity contribution in [1.82, 2.24) is 4.90 Å². The fraction of sp³-hybridized carbons (Fsp3) is 0.125. The molecule has 0 aromatic heterocycles. The van der Waals surface area contributed by atoms with Gasteiger partial charge >= 0.3 is 5.97 Å². The second-order valence-corrected chi connectivity index (χ2v) is 2.12. The van der Waals surface area contributed by atoms with E-state index in [-0.39, 0.29) is 0 Å². The first kappa shape index (κ1) is 7.60. The summed E-state index contributed by atoms with van der Waals surface area (Å²) < 4.78 is 0. The van der Waals surface area contributed by atoms with Crippen molar-refractivity contribution in [2.45, 2.75) is 0 Å². The number of hydrogen-bond donors (Lipinski definition) is 1. The van der Waals surface area contributed by atoms with Gasteiger partial charge in [-0.2, -0.15) is 0 Å². The van der Waals surface area contributed by atoms with E-state index in [1.165, 1.54) is 6.20 Å². The number of allylic oxidation sites excluding steroid dienone is 2. The van der Waals surface area contributed by atoms with Gasteiger partial charge in [-0.05, 0) is 6.08 Å². The molecule has 0 fully saturated rings. The minimum absolute atomic E-state index is 0.736. The molecule has 0 saturated carbocycles. The lowest BCUT2D eigenvalue weighted by molar-refractivity contribution is -0.131. The molecule has 0 aliphatic carbocycles. The highest BCUT2D eigenvalue weighted by Gasteiger charge is 1.94. The summed E-state index contributed by atoms with van der Waals surface area (Å²) in [5.74, 6) is -0.923. The first-order valence-electron chi connectivity index (χ1n) is 3.29. The van der Waals surface area contributed by atoms with Crippen LogP contribution in [0.3, 0.4) is 0 Å². The maximum atomic E-state index is 10.1. The third-order valence-corrected chi connectivity index (χ3v) is 1.25. The summed E-state index contributed by atoms with van der Waals surface area (Å²) in [6.45, 7) is 0.736. The lowest BCUT2D eigenvalue weighted by Gasteiger charge is -2.13. The molecule has 0 aromatic carbocycles. The molecule has 1 N–H and O–H groups in total. The zero-order valence-electron chi connectivity index (χ0n) is 5.97. The molecule has 1 heterocycles. The first-order chi connectivity index (χ1) is 5.29. The smallest absolute Gasteiger partial charge is 0.329 e. The number of nitrogens with zero attached hydrogens (tertiary/aromatic N) is 1. The van der Waals surface area contributed by atoms with Crippen LogP contribution in [0.4, 0.5) is 0 Å². The molecule has 0 unspecified atom stereocenters. The first-order valence-corrected chi connectivity index (χ1v) is 3.29. The number of carboxylic acids is 1. The lowest BCUT2D eigenvalue weighted by atomic mass is 10.3. The van der Waals surface area contributed by atoms with Gasteiger partial charge in [-0.3, -0.25) is 0 Å². The molecule has 0 atom stereocenters. The van der Waals surface area contributed by atoms with Crippen molar-refractivity contribution in [3.8, 4) is 0 Å². The predicted octanol–water partition coefficient (Wildman–Crippen LogP) is 0.970. The van der Waals surface area contributed by atoms with Crippen LogP contribution in [-0.2, 0) is 4.79 Å². The Hall–Kier alpha value is -1.51. The Morgan fingerprint density at radius 1 is 1.55 bits per heavy atom. The fourth-order valence-corrected chi connectivity index (χ4v) is 0.752. The van der Waals surface area contributed by atoms with Crippen molar-refractivity contribution in [1.29, 1.82) is 0 Å². The van der Waals surface area contributed by atoms with Gasteiger partial charge in [0.15, 0.2) is 0 Å². The molecule has 0 saturated heterocycles. The standard InChI is InChI=1S/C8H9NO2/c10-8(11)4-7-9-5-2-1-3-6-9/h1-5,7H,6H2,(H,10,11). The molecule has 11 heavy (non-hydrogen) atoms. The fourth-order valence-electron chi connectivity index (χ4n) is 0.752. The SMILES string of the molecule is O=C(O)C=CN1C=CC=CC1. The number of carboxylic acid groups (broad SMARTS) is 1. The number of rotatable bonds is 2. The van der Waals surface area contributed by atoms with Gasteiger partial charge in [0.05, 0.1) is 0 Å². The molecule has 3 nitrogen and oxygen atoms in total. The monoisotopic (exact) mass is 151 g/mol. The van der Waals surface area contributed by atoms with Crippen LogP contribution in [0, 0.1) is 0 Å². The average Bonchev–Trinajstić information content (AvgIpc) is 2.03. The van der Waals surface area contributed by atoms with Crippen molar-refractivity contribution in [2.24, 2.45) is 0 Å². The molecule has 1 aliphatic heterocycles. The van der Waals surface area contributed by atoms with Gasteiger partial charge in [0.2, 0.25) is 0 Å². The van der Waals surface area contributed by atoms with E-state index in [2.05, 4.69) is 0 Å². The Labute approximate surface area is 64.9 Å². The maximum absolute atomic E-state index is 10.1. The van der Waals surface area contributed by atoms with Gasteiger partial charge in [-0.15, -0.1) is 0 Å². The van der Waals surface area contributed by atoms with Crippen LogP contribution in [0.1, 0.15) is 0 Å². The van der Waals surface area contributed by atoms with E-state index < -0.39 is 5.97 Å². The summed E-state index contributed by atoms with van der Waals surface area (Å²) in [6.07, 6.45) is 10.2. The van der Waals surface area contributed by atoms with Crippen LogP contribution in [0.15, 0.2) is 36.7 Å². The van der Waals surface area contributed by atoms with Crippen LogP contribution in [0.2, 0.25) is 0 Å². The van der Waals surface area contributed by atoms with E-state index in [1.54, 1.807) is 4.90 Å². The van der Waals surface area contributed by atoms with E-state index in [4.69, 9.17) is 5.11 Å². The largest absolute Gasteiger partial charge is 0.478 e. The van der Waals surface area contributed by atoms with Gasteiger partial charge in [0.1, 0.15) is 0 Å². The Kier molecular flexibility index (Phi) is 2.49. The summed E-state index contributed by atoms with van der Waals surface area (Å²) in [6, 6.07) is 0. The average molecular weight is 151 g/mol. The molecular weight excluding hydrogens is 142 g/mol. The van der Waals surface area contributed by atoms with E-state index in [0.29, 0.717) is 0 Å². The zero-order chi connectivity index (χ0) is 8.10. The van der Waals surface area contributed by atoms with Crippen molar-refractivity contribution < 1.29 is 9.90 Å². The second-order valence-electron chi connectivity index (χ2n) is 2.12. The van der Waals surface area contributed by atoms with Gasteiger partial charge in [-0.1, -0.05) is 12.2 Å². The third kappa shape index (κ3) is 2.71. The number of carbonyl (C=O) groups is 1. The Morgan fingerprint density at radius 2 is 2.36 bits per heavy atom. The molecule has 3 heteroatoms. The third-order valence-electron chi connectivity index (χ3n) is 1.25. The molecule has 0 radical (unpaired) electrons.